The van der Waals surface area contributed by atoms with E-state index in [9.17, 15) is 23.2 Å². The molecule has 0 radical (unpaired) electrons. The van der Waals surface area contributed by atoms with Gasteiger partial charge in [0.15, 0.2) is 5.78 Å². The zero-order chi connectivity index (χ0) is 24.0. The van der Waals surface area contributed by atoms with Gasteiger partial charge in [0.05, 0.1) is 23.1 Å². The topological polar surface area (TPSA) is 49.0 Å². The van der Waals surface area contributed by atoms with Gasteiger partial charge in [-0.05, 0) is 73.2 Å². The van der Waals surface area contributed by atoms with Crippen LogP contribution in [0.4, 0.5) is 18.9 Å². The Hall–Kier alpha value is -3.57. The molecule has 0 spiro atoms. The quantitative estimate of drug-likeness (QED) is 0.411. The van der Waals surface area contributed by atoms with Gasteiger partial charge in [0.2, 0.25) is 0 Å². The summed E-state index contributed by atoms with van der Waals surface area (Å²) in [7, 11) is 0. The van der Waals surface area contributed by atoms with Gasteiger partial charge in [-0.25, -0.2) is 0 Å². The van der Waals surface area contributed by atoms with Crippen molar-refractivity contribution in [3.8, 4) is 6.07 Å². The van der Waals surface area contributed by atoms with Crippen molar-refractivity contribution < 1.29 is 18.0 Å². The number of carbonyl (C=O) groups is 1. The number of carbonyl (C=O) groups excluding carboxylic acids is 1. The van der Waals surface area contributed by atoms with E-state index in [0.29, 0.717) is 41.9 Å². The van der Waals surface area contributed by atoms with Crippen molar-refractivity contribution in [1.29, 1.82) is 5.26 Å². The highest BCUT2D eigenvalue weighted by molar-refractivity contribution is 7.10. The van der Waals surface area contributed by atoms with Gasteiger partial charge in [0.1, 0.15) is 5.82 Å². The summed E-state index contributed by atoms with van der Waals surface area (Å²) in [6.07, 6.45) is 0.775. The predicted octanol–water partition coefficient (Wildman–Crippen LogP) is 6.88. The predicted molar refractivity (Wildman–Crippen MR) is 125 cm³/mol. The number of alkyl halides is 3. The lowest BCUT2D eigenvalue weighted by molar-refractivity contribution is -0.137. The number of rotatable bonds is 3. The minimum absolute atomic E-state index is 0.0183. The molecule has 1 aliphatic heterocycles. The Balaban J connectivity index is 1.80. The first-order valence-electron chi connectivity index (χ1n) is 10.9. The van der Waals surface area contributed by atoms with E-state index >= 15 is 0 Å². The van der Waals surface area contributed by atoms with Gasteiger partial charge in [-0.15, -0.1) is 11.3 Å². The summed E-state index contributed by atoms with van der Waals surface area (Å²) in [4.78, 5) is 16.0. The second-order valence-electron chi connectivity index (χ2n) is 8.36. The summed E-state index contributed by atoms with van der Waals surface area (Å²) in [5.41, 5.74) is 2.45. The number of ketones is 1. The number of thiophene rings is 1. The number of aryl methyl sites for hydroxylation is 1. The van der Waals surface area contributed by atoms with E-state index in [-0.39, 0.29) is 5.78 Å². The van der Waals surface area contributed by atoms with Crippen molar-refractivity contribution in [3.05, 3.63) is 93.1 Å². The number of anilines is 1. The second kappa shape index (κ2) is 8.33. The lowest BCUT2D eigenvalue weighted by Crippen LogP contribution is -2.36. The Labute approximate surface area is 198 Å². The minimum Gasteiger partial charge on any atom is -0.309 e. The Morgan fingerprint density at radius 2 is 1.79 bits per heavy atom. The highest BCUT2D eigenvalue weighted by Crippen LogP contribution is 2.50. The first-order valence-corrected chi connectivity index (χ1v) is 11.7. The van der Waals surface area contributed by atoms with Crippen LogP contribution < -0.4 is 4.90 Å². The summed E-state index contributed by atoms with van der Waals surface area (Å²) < 4.78 is 41.5. The molecule has 2 aliphatic rings. The third kappa shape index (κ3) is 3.57. The van der Waals surface area contributed by atoms with Crippen LogP contribution in [0.1, 0.15) is 41.2 Å². The fourth-order valence-corrected chi connectivity index (χ4v) is 5.84. The molecular formula is C26H20F3N3OS. The van der Waals surface area contributed by atoms with Gasteiger partial charge >= 0.3 is 6.18 Å². The molecule has 172 valence electrons. The van der Waals surface area contributed by atoms with E-state index < -0.39 is 17.7 Å². The molecule has 1 atom stereocenters. The largest absolute Gasteiger partial charge is 0.416 e. The minimum atomic E-state index is -4.45. The normalized spacial score (nSPS) is 18.9. The van der Waals surface area contributed by atoms with Crippen LogP contribution in [0, 0.1) is 18.3 Å². The molecule has 0 bridgehead atoms. The highest BCUT2D eigenvalue weighted by atomic mass is 32.1. The van der Waals surface area contributed by atoms with Crippen molar-refractivity contribution in [3.63, 3.8) is 0 Å². The average Bonchev–Trinajstić information content (AvgIpc) is 3.49. The van der Waals surface area contributed by atoms with Gasteiger partial charge in [-0.2, -0.15) is 18.4 Å². The number of Topliss-reactive ketones (excluding diaryl/α,β-unsaturated/α-hetero) is 1. The van der Waals surface area contributed by atoms with E-state index in [1.165, 1.54) is 23.5 Å². The van der Waals surface area contributed by atoms with Gasteiger partial charge in [-0.3, -0.25) is 9.69 Å². The summed E-state index contributed by atoms with van der Waals surface area (Å²) in [6.45, 7) is 1.96. The number of benzene rings is 1. The second-order valence-corrected chi connectivity index (χ2v) is 9.31. The molecule has 0 amide bonds. The van der Waals surface area contributed by atoms with Crippen LogP contribution in [-0.2, 0) is 11.0 Å². The fraction of sp³-hybridized carbons (Fsp3) is 0.231. The van der Waals surface area contributed by atoms with E-state index in [4.69, 9.17) is 0 Å². The molecule has 0 fully saturated rings. The molecule has 3 aromatic rings. The molecule has 0 N–H and O–H groups in total. The molecule has 0 unspecified atom stereocenters. The van der Waals surface area contributed by atoms with E-state index in [0.717, 1.165) is 28.3 Å². The third-order valence-electron chi connectivity index (χ3n) is 6.31. The SMILES string of the molecule is Cc1ccsc1[C@H]1C(C#N)=C(n2cccc2)N(c2ccc(C(F)(F)F)cc2)C2=C1C(=O)CCC2. The molecular weight excluding hydrogens is 459 g/mol. The van der Waals surface area contributed by atoms with Crippen LogP contribution in [0.25, 0.3) is 5.82 Å². The molecule has 5 rings (SSSR count). The molecule has 1 aromatic carbocycles. The highest BCUT2D eigenvalue weighted by Gasteiger charge is 2.42. The summed E-state index contributed by atoms with van der Waals surface area (Å²) in [5, 5.41) is 12.3. The van der Waals surface area contributed by atoms with Gasteiger partial charge in [0.25, 0.3) is 0 Å². The smallest absolute Gasteiger partial charge is 0.309 e. The summed E-state index contributed by atoms with van der Waals surface area (Å²) >= 11 is 1.51. The Bertz CT molecular complexity index is 1360. The lowest BCUT2D eigenvalue weighted by atomic mass is 9.77. The van der Waals surface area contributed by atoms with Crippen LogP contribution in [0.2, 0.25) is 0 Å². The van der Waals surface area contributed by atoms with Crippen LogP contribution in [-0.4, -0.2) is 10.4 Å². The number of nitrogens with zero attached hydrogens (tertiary/aromatic N) is 3. The van der Waals surface area contributed by atoms with E-state index in [1.807, 2.05) is 30.5 Å². The van der Waals surface area contributed by atoms with Crippen molar-refractivity contribution in [2.75, 3.05) is 4.90 Å². The Morgan fingerprint density at radius 3 is 2.38 bits per heavy atom. The maximum absolute atomic E-state index is 13.3. The molecule has 3 heterocycles. The third-order valence-corrected chi connectivity index (χ3v) is 7.40. The van der Waals surface area contributed by atoms with Crippen LogP contribution in [0.5, 0.6) is 0 Å². The molecule has 8 heteroatoms. The standard InChI is InChI=1S/C26H20F3N3OS/c1-16-11-14-34-24(16)22-19(15-30)25(31-12-2-3-13-31)32(20-5-4-6-21(33)23(20)22)18-9-7-17(8-10-18)26(27,28)29/h2-3,7-14,22H,4-6H2,1H3/t22-/m0/s1. The van der Waals surface area contributed by atoms with Gasteiger partial charge in [-0.1, -0.05) is 0 Å². The fourth-order valence-electron chi connectivity index (χ4n) is 4.79. The lowest BCUT2D eigenvalue weighted by Gasteiger charge is -2.41. The van der Waals surface area contributed by atoms with Gasteiger partial charge in [0, 0.05) is 40.6 Å². The van der Waals surface area contributed by atoms with Crippen molar-refractivity contribution >= 4 is 28.6 Å². The molecule has 0 saturated carbocycles. The summed E-state index contributed by atoms with van der Waals surface area (Å²) in [6, 6.07) is 12.9. The number of hydrogen-bond donors (Lipinski definition) is 0. The molecule has 1 aliphatic carbocycles. The first kappa shape index (κ1) is 22.2. The average molecular weight is 480 g/mol. The first-order chi connectivity index (χ1) is 16.3. The number of nitriles is 1. The number of allylic oxidation sites excluding steroid dienone is 3. The van der Waals surface area contributed by atoms with E-state index in [2.05, 4.69) is 6.07 Å². The zero-order valence-electron chi connectivity index (χ0n) is 18.3. The summed E-state index contributed by atoms with van der Waals surface area (Å²) in [5.74, 6) is 0.0182. The van der Waals surface area contributed by atoms with Crippen molar-refractivity contribution in [2.24, 2.45) is 0 Å². The van der Waals surface area contributed by atoms with Gasteiger partial charge < -0.3 is 4.57 Å². The van der Waals surface area contributed by atoms with E-state index in [1.54, 1.807) is 21.9 Å². The van der Waals surface area contributed by atoms with Crippen LogP contribution >= 0.6 is 11.3 Å². The molecule has 2 aromatic heterocycles. The maximum atomic E-state index is 13.3. The number of hydrogen-bond acceptors (Lipinski definition) is 4. The van der Waals surface area contributed by atoms with Crippen LogP contribution in [0.15, 0.2) is 77.1 Å². The number of aromatic nitrogens is 1. The molecule has 0 saturated heterocycles. The molecule has 34 heavy (non-hydrogen) atoms. The number of halogens is 3. The maximum Gasteiger partial charge on any atom is 0.416 e. The van der Waals surface area contributed by atoms with Crippen molar-refractivity contribution in [1.82, 2.24) is 4.57 Å². The van der Waals surface area contributed by atoms with Crippen molar-refractivity contribution in [2.45, 2.75) is 38.3 Å². The Kier molecular flexibility index (Phi) is 5.45. The molecule has 4 nitrogen and oxygen atoms in total. The van der Waals surface area contributed by atoms with Crippen LogP contribution in [0.3, 0.4) is 0 Å². The Morgan fingerprint density at radius 1 is 1.09 bits per heavy atom. The zero-order valence-corrected chi connectivity index (χ0v) is 19.1. The monoisotopic (exact) mass is 479 g/mol.